The summed E-state index contributed by atoms with van der Waals surface area (Å²) in [6.07, 6.45) is 2.04. The summed E-state index contributed by atoms with van der Waals surface area (Å²) >= 11 is 0. The number of aliphatic carboxylic acids is 1. The van der Waals surface area contributed by atoms with Gasteiger partial charge >= 0.3 is 5.97 Å². The number of nitrogens with zero attached hydrogens (tertiary/aromatic N) is 3. The van der Waals surface area contributed by atoms with E-state index in [0.717, 1.165) is 11.6 Å². The molecule has 1 aliphatic heterocycles. The van der Waals surface area contributed by atoms with E-state index in [1.54, 1.807) is 4.68 Å². The maximum Gasteiger partial charge on any atom is 0.308 e. The Morgan fingerprint density at radius 3 is 3.10 bits per heavy atom. The molecule has 0 amide bonds. The molecular formula is C15H17N3O2. The van der Waals surface area contributed by atoms with Gasteiger partial charge in [0, 0.05) is 12.8 Å². The second-order valence-corrected chi connectivity index (χ2v) is 5.37. The van der Waals surface area contributed by atoms with Crippen molar-refractivity contribution in [3.63, 3.8) is 0 Å². The quantitative estimate of drug-likeness (QED) is 0.924. The SMILES string of the molecule is Cc1cccc(Cc2nc3n(n2)CC(C(=O)O)CC3)c1. The van der Waals surface area contributed by atoms with Gasteiger partial charge < -0.3 is 5.11 Å². The summed E-state index contributed by atoms with van der Waals surface area (Å²) in [7, 11) is 0. The van der Waals surface area contributed by atoms with E-state index in [1.807, 2.05) is 6.07 Å². The van der Waals surface area contributed by atoms with Crippen LogP contribution in [0, 0.1) is 12.8 Å². The molecule has 1 aromatic heterocycles. The summed E-state index contributed by atoms with van der Waals surface area (Å²) in [5.41, 5.74) is 2.40. The third kappa shape index (κ3) is 2.57. The van der Waals surface area contributed by atoms with Crippen molar-refractivity contribution in [3.05, 3.63) is 47.0 Å². The standard InChI is InChI=1S/C15H17N3O2/c1-10-3-2-4-11(7-10)8-13-16-14-6-5-12(15(19)20)9-18(14)17-13/h2-4,7,12H,5-6,8-9H2,1H3,(H,19,20). The van der Waals surface area contributed by atoms with Crippen LogP contribution in [0.3, 0.4) is 0 Å². The Bertz CT molecular complexity index is 648. The molecular weight excluding hydrogens is 254 g/mol. The van der Waals surface area contributed by atoms with E-state index in [9.17, 15) is 4.79 Å². The van der Waals surface area contributed by atoms with Gasteiger partial charge in [0.05, 0.1) is 12.5 Å². The molecule has 3 rings (SSSR count). The van der Waals surface area contributed by atoms with Crippen molar-refractivity contribution in [2.75, 3.05) is 0 Å². The fourth-order valence-corrected chi connectivity index (χ4v) is 2.64. The van der Waals surface area contributed by atoms with E-state index in [2.05, 4.69) is 35.2 Å². The van der Waals surface area contributed by atoms with E-state index in [1.165, 1.54) is 11.1 Å². The van der Waals surface area contributed by atoms with Gasteiger partial charge in [-0.1, -0.05) is 29.8 Å². The molecule has 1 aromatic carbocycles. The third-order valence-corrected chi connectivity index (χ3v) is 3.70. The summed E-state index contributed by atoms with van der Waals surface area (Å²) in [5.74, 6) is 0.601. The van der Waals surface area contributed by atoms with Crippen molar-refractivity contribution in [2.45, 2.75) is 32.7 Å². The normalized spacial score (nSPS) is 17.8. The molecule has 0 fully saturated rings. The van der Waals surface area contributed by atoms with Gasteiger partial charge in [0.2, 0.25) is 0 Å². The number of fused-ring (bicyclic) bond motifs is 1. The summed E-state index contributed by atoms with van der Waals surface area (Å²) < 4.78 is 1.76. The smallest absolute Gasteiger partial charge is 0.308 e. The highest BCUT2D eigenvalue weighted by atomic mass is 16.4. The van der Waals surface area contributed by atoms with E-state index in [0.29, 0.717) is 25.8 Å². The van der Waals surface area contributed by atoms with Crippen LogP contribution in [0.5, 0.6) is 0 Å². The zero-order chi connectivity index (χ0) is 14.1. The molecule has 0 bridgehead atoms. The summed E-state index contributed by atoms with van der Waals surface area (Å²) in [6, 6.07) is 8.28. The van der Waals surface area contributed by atoms with Crippen LogP contribution in [0.15, 0.2) is 24.3 Å². The van der Waals surface area contributed by atoms with Gasteiger partial charge in [-0.3, -0.25) is 4.79 Å². The molecule has 1 aliphatic rings. The van der Waals surface area contributed by atoms with Crippen molar-refractivity contribution < 1.29 is 9.90 Å². The van der Waals surface area contributed by atoms with E-state index in [-0.39, 0.29) is 5.92 Å². The lowest BCUT2D eigenvalue weighted by Crippen LogP contribution is -2.27. The summed E-state index contributed by atoms with van der Waals surface area (Å²) in [4.78, 5) is 15.6. The van der Waals surface area contributed by atoms with Crippen LogP contribution in [0.25, 0.3) is 0 Å². The minimum absolute atomic E-state index is 0.337. The number of aromatic nitrogens is 3. The first kappa shape index (κ1) is 12.8. The molecule has 20 heavy (non-hydrogen) atoms. The van der Waals surface area contributed by atoms with Crippen molar-refractivity contribution >= 4 is 5.97 Å². The Balaban J connectivity index is 1.79. The Hall–Kier alpha value is -2.17. The van der Waals surface area contributed by atoms with Gasteiger partial charge in [-0.2, -0.15) is 5.10 Å². The Morgan fingerprint density at radius 1 is 1.50 bits per heavy atom. The van der Waals surface area contributed by atoms with Gasteiger partial charge in [-0.25, -0.2) is 9.67 Å². The zero-order valence-electron chi connectivity index (χ0n) is 11.4. The van der Waals surface area contributed by atoms with Crippen LogP contribution in [0.4, 0.5) is 0 Å². The van der Waals surface area contributed by atoms with E-state index in [4.69, 9.17) is 5.11 Å². The molecule has 1 atom stereocenters. The zero-order valence-corrected chi connectivity index (χ0v) is 11.4. The highest BCUT2D eigenvalue weighted by Gasteiger charge is 2.26. The molecule has 0 saturated carbocycles. The molecule has 2 aromatic rings. The average molecular weight is 271 g/mol. The first-order valence-corrected chi connectivity index (χ1v) is 6.83. The molecule has 0 radical (unpaired) electrons. The lowest BCUT2D eigenvalue weighted by molar-refractivity contribution is -0.142. The van der Waals surface area contributed by atoms with Crippen molar-refractivity contribution in [1.82, 2.24) is 14.8 Å². The predicted molar refractivity (Wildman–Crippen MR) is 73.5 cm³/mol. The van der Waals surface area contributed by atoms with Crippen LogP contribution in [-0.2, 0) is 24.2 Å². The molecule has 5 heteroatoms. The maximum atomic E-state index is 11.0. The maximum absolute atomic E-state index is 11.0. The highest BCUT2D eigenvalue weighted by Crippen LogP contribution is 2.19. The van der Waals surface area contributed by atoms with E-state index < -0.39 is 5.97 Å². The number of hydrogen-bond acceptors (Lipinski definition) is 3. The van der Waals surface area contributed by atoms with Crippen LogP contribution in [0.2, 0.25) is 0 Å². The Kier molecular flexibility index (Phi) is 3.26. The number of hydrogen-bond donors (Lipinski definition) is 1. The van der Waals surface area contributed by atoms with Gasteiger partial charge in [0.1, 0.15) is 5.82 Å². The number of rotatable bonds is 3. The minimum atomic E-state index is -0.744. The largest absolute Gasteiger partial charge is 0.481 e. The minimum Gasteiger partial charge on any atom is -0.481 e. The molecule has 0 aliphatic carbocycles. The monoisotopic (exact) mass is 271 g/mol. The van der Waals surface area contributed by atoms with Crippen LogP contribution >= 0.6 is 0 Å². The van der Waals surface area contributed by atoms with Crippen LogP contribution in [-0.4, -0.2) is 25.8 Å². The molecule has 2 heterocycles. The molecule has 0 saturated heterocycles. The van der Waals surface area contributed by atoms with Crippen molar-refractivity contribution in [3.8, 4) is 0 Å². The van der Waals surface area contributed by atoms with Crippen molar-refractivity contribution in [1.29, 1.82) is 0 Å². The molecule has 5 nitrogen and oxygen atoms in total. The van der Waals surface area contributed by atoms with E-state index >= 15 is 0 Å². The molecule has 0 spiro atoms. The number of carbonyl (C=O) groups is 1. The Morgan fingerprint density at radius 2 is 2.35 bits per heavy atom. The lowest BCUT2D eigenvalue weighted by atomic mass is 10.0. The van der Waals surface area contributed by atoms with Crippen molar-refractivity contribution in [2.24, 2.45) is 5.92 Å². The number of benzene rings is 1. The topological polar surface area (TPSA) is 68.0 Å². The van der Waals surface area contributed by atoms with Gasteiger partial charge in [-0.15, -0.1) is 0 Å². The second kappa shape index (κ2) is 5.07. The predicted octanol–water partition coefficient (Wildman–Crippen LogP) is 1.82. The first-order valence-electron chi connectivity index (χ1n) is 6.83. The third-order valence-electron chi connectivity index (χ3n) is 3.70. The summed E-state index contributed by atoms with van der Waals surface area (Å²) in [6.45, 7) is 2.50. The average Bonchev–Trinajstić information content (AvgIpc) is 2.79. The highest BCUT2D eigenvalue weighted by molar-refractivity contribution is 5.70. The van der Waals surface area contributed by atoms with Gasteiger partial charge in [0.15, 0.2) is 5.82 Å². The first-order chi connectivity index (χ1) is 9.61. The number of carboxylic acids is 1. The number of aryl methyl sites for hydroxylation is 2. The van der Waals surface area contributed by atoms with Gasteiger partial charge in [0.25, 0.3) is 0 Å². The van der Waals surface area contributed by atoms with Gasteiger partial charge in [-0.05, 0) is 18.9 Å². The molecule has 1 N–H and O–H groups in total. The van der Waals surface area contributed by atoms with Crippen LogP contribution in [0.1, 0.15) is 29.2 Å². The number of carboxylic acid groups (broad SMARTS) is 1. The fraction of sp³-hybridized carbons (Fsp3) is 0.400. The molecule has 104 valence electrons. The summed E-state index contributed by atoms with van der Waals surface area (Å²) in [5, 5.41) is 13.5. The Labute approximate surface area is 117 Å². The lowest BCUT2D eigenvalue weighted by Gasteiger charge is -2.18. The molecule has 1 unspecified atom stereocenters. The fourth-order valence-electron chi connectivity index (χ4n) is 2.64. The second-order valence-electron chi connectivity index (χ2n) is 5.37. The van der Waals surface area contributed by atoms with Crippen LogP contribution < -0.4 is 0 Å².